The molecule has 0 spiro atoms. The zero-order valence-corrected chi connectivity index (χ0v) is 13.3. The molecule has 1 atom stereocenters. The lowest BCUT2D eigenvalue weighted by molar-refractivity contribution is 0.174. The highest BCUT2D eigenvalue weighted by atomic mass is 79.9. The average molecular weight is 314 g/mol. The van der Waals surface area contributed by atoms with E-state index in [2.05, 4.69) is 52.9 Å². The van der Waals surface area contributed by atoms with Gasteiger partial charge in [-0.2, -0.15) is 5.10 Å². The molecule has 18 heavy (non-hydrogen) atoms. The van der Waals surface area contributed by atoms with E-state index in [0.717, 1.165) is 18.9 Å². The van der Waals surface area contributed by atoms with Crippen molar-refractivity contribution in [3.05, 3.63) is 17.5 Å². The van der Waals surface area contributed by atoms with Gasteiger partial charge in [-0.05, 0) is 44.3 Å². The summed E-state index contributed by atoms with van der Waals surface area (Å²) in [6.45, 7) is 7.91. The van der Waals surface area contributed by atoms with Gasteiger partial charge in [0.1, 0.15) is 0 Å². The number of hydrogen-bond acceptors (Lipinski definition) is 2. The molecular weight excluding hydrogens is 290 g/mol. The Morgan fingerprint density at radius 3 is 2.61 bits per heavy atom. The Morgan fingerprint density at radius 2 is 2.11 bits per heavy atom. The van der Waals surface area contributed by atoms with E-state index in [1.54, 1.807) is 0 Å². The van der Waals surface area contributed by atoms with Crippen molar-refractivity contribution in [1.29, 1.82) is 0 Å². The second kappa shape index (κ2) is 6.20. The maximum absolute atomic E-state index is 4.52. The van der Waals surface area contributed by atoms with Crippen molar-refractivity contribution in [1.82, 2.24) is 14.7 Å². The Balaban J connectivity index is 1.89. The third-order valence-corrected chi connectivity index (χ3v) is 4.80. The van der Waals surface area contributed by atoms with Crippen LogP contribution in [0, 0.1) is 5.92 Å². The van der Waals surface area contributed by atoms with Crippen molar-refractivity contribution in [3.8, 4) is 0 Å². The lowest BCUT2D eigenvalue weighted by atomic mass is 9.94. The fourth-order valence-corrected chi connectivity index (χ4v) is 3.22. The van der Waals surface area contributed by atoms with Crippen LogP contribution in [0.2, 0.25) is 0 Å². The van der Waals surface area contributed by atoms with E-state index < -0.39 is 0 Å². The molecule has 1 fully saturated rings. The fraction of sp³-hybridized carbons (Fsp3) is 0.786. The van der Waals surface area contributed by atoms with Crippen LogP contribution in [0.1, 0.15) is 38.1 Å². The monoisotopic (exact) mass is 313 g/mol. The summed E-state index contributed by atoms with van der Waals surface area (Å²) in [5.41, 5.74) is 2.55. The number of aryl methyl sites for hydroxylation is 2. The largest absolute Gasteiger partial charge is 0.298 e. The van der Waals surface area contributed by atoms with Gasteiger partial charge in [0.05, 0.1) is 11.4 Å². The summed E-state index contributed by atoms with van der Waals surface area (Å²) in [5, 5.41) is 4.52. The lowest BCUT2D eigenvalue weighted by Crippen LogP contribution is -2.35. The normalized spacial score (nSPS) is 20.2. The van der Waals surface area contributed by atoms with Crippen molar-refractivity contribution in [3.63, 3.8) is 0 Å². The number of rotatable bonds is 4. The van der Waals surface area contributed by atoms with Crippen LogP contribution in [-0.2, 0) is 20.0 Å². The summed E-state index contributed by atoms with van der Waals surface area (Å²) in [5.74, 6) is 0.846. The summed E-state index contributed by atoms with van der Waals surface area (Å²) < 4.78 is 2.04. The highest BCUT2D eigenvalue weighted by Crippen LogP contribution is 2.25. The van der Waals surface area contributed by atoms with E-state index in [9.17, 15) is 0 Å². The van der Waals surface area contributed by atoms with Crippen molar-refractivity contribution in [2.45, 2.75) is 44.5 Å². The number of aromatic nitrogens is 2. The van der Waals surface area contributed by atoms with Gasteiger partial charge in [-0.1, -0.05) is 29.8 Å². The minimum atomic E-state index is 0.656. The molecule has 1 unspecified atom stereocenters. The standard InChI is InChI=1S/C14H24BrN3/c1-4-13-9-14(17(3)16-13)10-18-7-5-12(6-8-18)11(2)15/h9,11-12H,4-8,10H2,1-3H3. The molecule has 2 rings (SSSR count). The summed E-state index contributed by atoms with van der Waals surface area (Å²) in [4.78, 5) is 3.21. The van der Waals surface area contributed by atoms with Gasteiger partial charge in [0.2, 0.25) is 0 Å². The van der Waals surface area contributed by atoms with Crippen LogP contribution in [0.4, 0.5) is 0 Å². The summed E-state index contributed by atoms with van der Waals surface area (Å²) in [6.07, 6.45) is 3.65. The molecule has 1 saturated heterocycles. The molecule has 0 aromatic carbocycles. The number of halogens is 1. The Hall–Kier alpha value is -0.350. The van der Waals surface area contributed by atoms with Crippen LogP contribution in [0.15, 0.2) is 6.07 Å². The Kier molecular flexibility index (Phi) is 4.84. The average Bonchev–Trinajstić information content (AvgIpc) is 2.71. The van der Waals surface area contributed by atoms with E-state index in [4.69, 9.17) is 0 Å². The molecule has 1 aromatic rings. The van der Waals surface area contributed by atoms with Crippen LogP contribution >= 0.6 is 15.9 Å². The van der Waals surface area contributed by atoms with Gasteiger partial charge in [0, 0.05) is 18.4 Å². The molecule has 0 saturated carbocycles. The summed E-state index contributed by atoms with van der Waals surface area (Å²) >= 11 is 3.71. The van der Waals surface area contributed by atoms with Gasteiger partial charge in [-0.15, -0.1) is 0 Å². The molecule has 1 aliphatic rings. The predicted octanol–water partition coefficient (Wildman–Crippen LogP) is 2.98. The number of nitrogens with zero attached hydrogens (tertiary/aromatic N) is 3. The van der Waals surface area contributed by atoms with Gasteiger partial charge < -0.3 is 0 Å². The minimum Gasteiger partial charge on any atom is -0.298 e. The van der Waals surface area contributed by atoms with Crippen LogP contribution < -0.4 is 0 Å². The smallest absolute Gasteiger partial charge is 0.0625 e. The quantitative estimate of drug-likeness (QED) is 0.797. The van der Waals surface area contributed by atoms with E-state index in [1.165, 1.54) is 37.3 Å². The van der Waals surface area contributed by atoms with Crippen molar-refractivity contribution < 1.29 is 0 Å². The van der Waals surface area contributed by atoms with Crippen LogP contribution in [0.5, 0.6) is 0 Å². The summed E-state index contributed by atoms with van der Waals surface area (Å²) in [6, 6.07) is 2.25. The van der Waals surface area contributed by atoms with Crippen molar-refractivity contribution in [2.24, 2.45) is 13.0 Å². The maximum Gasteiger partial charge on any atom is 0.0625 e. The zero-order valence-electron chi connectivity index (χ0n) is 11.7. The topological polar surface area (TPSA) is 21.1 Å². The van der Waals surface area contributed by atoms with Gasteiger partial charge in [-0.25, -0.2) is 0 Å². The van der Waals surface area contributed by atoms with Crippen LogP contribution in [-0.4, -0.2) is 32.6 Å². The molecule has 0 bridgehead atoms. The van der Waals surface area contributed by atoms with E-state index >= 15 is 0 Å². The zero-order chi connectivity index (χ0) is 13.1. The van der Waals surface area contributed by atoms with Crippen LogP contribution in [0.3, 0.4) is 0 Å². The first-order valence-corrected chi connectivity index (χ1v) is 7.90. The van der Waals surface area contributed by atoms with E-state index in [1.807, 2.05) is 4.68 Å². The first-order chi connectivity index (χ1) is 8.60. The minimum absolute atomic E-state index is 0.656. The third-order valence-electron chi connectivity index (χ3n) is 4.06. The Morgan fingerprint density at radius 1 is 1.44 bits per heavy atom. The maximum atomic E-state index is 4.52. The van der Waals surface area contributed by atoms with E-state index in [-0.39, 0.29) is 0 Å². The Bertz CT molecular complexity index is 378. The molecule has 2 heterocycles. The van der Waals surface area contributed by atoms with Gasteiger partial charge >= 0.3 is 0 Å². The van der Waals surface area contributed by atoms with Gasteiger partial charge in [-0.3, -0.25) is 9.58 Å². The van der Waals surface area contributed by atoms with Gasteiger partial charge in [0.25, 0.3) is 0 Å². The molecule has 3 nitrogen and oxygen atoms in total. The second-order valence-corrected chi connectivity index (χ2v) is 6.84. The molecular formula is C14H24BrN3. The first kappa shape index (κ1) is 14.1. The molecule has 0 amide bonds. The SMILES string of the molecule is CCc1cc(CN2CCC(C(C)Br)CC2)n(C)n1. The molecule has 0 radical (unpaired) electrons. The molecule has 0 aliphatic carbocycles. The fourth-order valence-electron chi connectivity index (χ4n) is 2.69. The van der Waals surface area contributed by atoms with E-state index in [0.29, 0.717) is 4.83 Å². The third kappa shape index (κ3) is 3.35. The van der Waals surface area contributed by atoms with Gasteiger partial charge in [0.15, 0.2) is 0 Å². The Labute approximate surface area is 119 Å². The highest BCUT2D eigenvalue weighted by Gasteiger charge is 2.22. The highest BCUT2D eigenvalue weighted by molar-refractivity contribution is 9.09. The number of piperidine rings is 1. The molecule has 1 aromatic heterocycles. The number of likely N-dealkylation sites (tertiary alicyclic amines) is 1. The lowest BCUT2D eigenvalue weighted by Gasteiger charge is -2.33. The first-order valence-electron chi connectivity index (χ1n) is 6.98. The molecule has 4 heteroatoms. The molecule has 102 valence electrons. The van der Waals surface area contributed by atoms with Crippen molar-refractivity contribution in [2.75, 3.05) is 13.1 Å². The second-order valence-electron chi connectivity index (χ2n) is 5.40. The number of hydrogen-bond donors (Lipinski definition) is 0. The number of alkyl halides is 1. The summed E-state index contributed by atoms with van der Waals surface area (Å²) in [7, 11) is 2.06. The van der Waals surface area contributed by atoms with Crippen molar-refractivity contribution >= 4 is 15.9 Å². The van der Waals surface area contributed by atoms with Crippen LogP contribution in [0.25, 0.3) is 0 Å². The molecule has 1 aliphatic heterocycles. The molecule has 0 N–H and O–H groups in total. The predicted molar refractivity (Wildman–Crippen MR) is 79.0 cm³/mol.